The molecule has 0 radical (unpaired) electrons. The SMILES string of the molecule is CC/C=C/c1ccc(-n2cccn2)cn1. The first-order valence-electron chi connectivity index (χ1n) is 5.03. The first-order valence-corrected chi connectivity index (χ1v) is 5.03. The summed E-state index contributed by atoms with van der Waals surface area (Å²) in [6, 6.07) is 5.89. The largest absolute Gasteiger partial charge is 0.255 e. The molecule has 0 N–H and O–H groups in total. The van der Waals surface area contributed by atoms with Crippen LogP contribution >= 0.6 is 0 Å². The van der Waals surface area contributed by atoms with Crippen LogP contribution in [-0.4, -0.2) is 14.8 Å². The van der Waals surface area contributed by atoms with Gasteiger partial charge in [-0.05, 0) is 30.7 Å². The van der Waals surface area contributed by atoms with Gasteiger partial charge in [0.05, 0.1) is 17.6 Å². The third-order valence-corrected chi connectivity index (χ3v) is 2.06. The Hall–Kier alpha value is -1.90. The molecule has 0 aromatic carbocycles. The second kappa shape index (κ2) is 4.55. The van der Waals surface area contributed by atoms with Crippen LogP contribution in [0.4, 0.5) is 0 Å². The summed E-state index contributed by atoms with van der Waals surface area (Å²) in [6.07, 6.45) is 10.6. The highest BCUT2D eigenvalue weighted by Gasteiger charge is 1.95. The summed E-state index contributed by atoms with van der Waals surface area (Å²) in [5, 5.41) is 4.14. The van der Waals surface area contributed by atoms with Crippen LogP contribution in [0.25, 0.3) is 11.8 Å². The van der Waals surface area contributed by atoms with E-state index in [1.807, 2.05) is 36.7 Å². The highest BCUT2D eigenvalue weighted by molar-refractivity contribution is 5.46. The lowest BCUT2D eigenvalue weighted by atomic mass is 10.3. The molecule has 0 aliphatic heterocycles. The lowest BCUT2D eigenvalue weighted by Gasteiger charge is -2.00. The summed E-state index contributed by atoms with van der Waals surface area (Å²) in [5.74, 6) is 0. The molecule has 0 aliphatic rings. The summed E-state index contributed by atoms with van der Waals surface area (Å²) >= 11 is 0. The molecule has 0 spiro atoms. The van der Waals surface area contributed by atoms with Crippen molar-refractivity contribution < 1.29 is 0 Å². The fraction of sp³-hybridized carbons (Fsp3) is 0.167. The van der Waals surface area contributed by atoms with E-state index in [-0.39, 0.29) is 0 Å². The fourth-order valence-electron chi connectivity index (χ4n) is 1.29. The molecular formula is C12H13N3. The van der Waals surface area contributed by atoms with Gasteiger partial charge in [-0.25, -0.2) is 4.68 Å². The first-order chi connectivity index (χ1) is 7.40. The van der Waals surface area contributed by atoms with Gasteiger partial charge in [0.15, 0.2) is 0 Å². The Labute approximate surface area is 89.1 Å². The maximum Gasteiger partial charge on any atom is 0.0829 e. The molecule has 3 heteroatoms. The Morgan fingerprint density at radius 3 is 2.93 bits per heavy atom. The molecule has 3 nitrogen and oxygen atoms in total. The zero-order valence-electron chi connectivity index (χ0n) is 8.67. The normalized spacial score (nSPS) is 11.0. The molecule has 2 aromatic rings. The zero-order valence-corrected chi connectivity index (χ0v) is 8.67. The zero-order chi connectivity index (χ0) is 10.5. The Morgan fingerprint density at radius 1 is 1.40 bits per heavy atom. The van der Waals surface area contributed by atoms with Crippen LogP contribution in [0.3, 0.4) is 0 Å². The van der Waals surface area contributed by atoms with Gasteiger partial charge in [0.1, 0.15) is 0 Å². The summed E-state index contributed by atoms with van der Waals surface area (Å²) in [4.78, 5) is 4.32. The molecule has 2 rings (SSSR count). The van der Waals surface area contributed by atoms with Crippen molar-refractivity contribution in [1.29, 1.82) is 0 Å². The molecule has 76 valence electrons. The van der Waals surface area contributed by atoms with Crippen LogP contribution in [0, 0.1) is 0 Å². The van der Waals surface area contributed by atoms with Crippen LogP contribution in [0.15, 0.2) is 42.9 Å². The van der Waals surface area contributed by atoms with E-state index in [1.54, 1.807) is 10.9 Å². The van der Waals surface area contributed by atoms with Gasteiger partial charge in [-0.3, -0.25) is 4.98 Å². The van der Waals surface area contributed by atoms with Crippen LogP contribution in [-0.2, 0) is 0 Å². The molecule has 0 saturated heterocycles. The number of aromatic nitrogens is 3. The van der Waals surface area contributed by atoms with Crippen molar-refractivity contribution in [2.75, 3.05) is 0 Å². The molecule has 0 fully saturated rings. The smallest absolute Gasteiger partial charge is 0.0829 e. The highest BCUT2D eigenvalue weighted by Crippen LogP contribution is 2.06. The molecule has 0 bridgehead atoms. The lowest BCUT2D eigenvalue weighted by molar-refractivity contribution is 0.873. The van der Waals surface area contributed by atoms with E-state index in [1.165, 1.54) is 0 Å². The Balaban J connectivity index is 2.21. The minimum absolute atomic E-state index is 0.979. The molecule has 0 unspecified atom stereocenters. The summed E-state index contributed by atoms with van der Waals surface area (Å²) in [5.41, 5.74) is 1.96. The van der Waals surface area contributed by atoms with E-state index >= 15 is 0 Å². The molecule has 2 aromatic heterocycles. The molecule has 0 saturated carbocycles. The van der Waals surface area contributed by atoms with Gasteiger partial charge >= 0.3 is 0 Å². The third-order valence-electron chi connectivity index (χ3n) is 2.06. The number of allylic oxidation sites excluding steroid dienone is 1. The van der Waals surface area contributed by atoms with E-state index in [4.69, 9.17) is 0 Å². The minimum Gasteiger partial charge on any atom is -0.255 e. The average Bonchev–Trinajstić information content (AvgIpc) is 2.80. The maximum atomic E-state index is 4.32. The Bertz CT molecular complexity index is 426. The van der Waals surface area contributed by atoms with Crippen LogP contribution < -0.4 is 0 Å². The highest BCUT2D eigenvalue weighted by atomic mass is 15.3. The van der Waals surface area contributed by atoms with E-state index in [9.17, 15) is 0 Å². The van der Waals surface area contributed by atoms with E-state index < -0.39 is 0 Å². The number of hydrogen-bond donors (Lipinski definition) is 0. The van der Waals surface area contributed by atoms with Gasteiger partial charge in [-0.2, -0.15) is 5.10 Å². The predicted molar refractivity (Wildman–Crippen MR) is 60.7 cm³/mol. The van der Waals surface area contributed by atoms with Crippen molar-refractivity contribution in [3.05, 3.63) is 48.6 Å². The summed E-state index contributed by atoms with van der Waals surface area (Å²) in [7, 11) is 0. The molecule has 15 heavy (non-hydrogen) atoms. The average molecular weight is 199 g/mol. The Kier molecular flexibility index (Phi) is 2.93. The minimum atomic E-state index is 0.979. The van der Waals surface area contributed by atoms with Crippen molar-refractivity contribution in [1.82, 2.24) is 14.8 Å². The van der Waals surface area contributed by atoms with Crippen molar-refractivity contribution in [2.45, 2.75) is 13.3 Å². The number of hydrogen-bond acceptors (Lipinski definition) is 2. The van der Waals surface area contributed by atoms with Crippen molar-refractivity contribution >= 4 is 6.08 Å². The fourth-order valence-corrected chi connectivity index (χ4v) is 1.29. The topological polar surface area (TPSA) is 30.7 Å². The van der Waals surface area contributed by atoms with Crippen LogP contribution in [0.1, 0.15) is 19.0 Å². The summed E-state index contributed by atoms with van der Waals surface area (Å²) < 4.78 is 1.79. The van der Waals surface area contributed by atoms with Gasteiger partial charge in [-0.1, -0.05) is 13.0 Å². The summed E-state index contributed by atoms with van der Waals surface area (Å²) in [6.45, 7) is 2.11. The van der Waals surface area contributed by atoms with Gasteiger partial charge in [-0.15, -0.1) is 0 Å². The quantitative estimate of drug-likeness (QED) is 0.760. The van der Waals surface area contributed by atoms with Gasteiger partial charge in [0.2, 0.25) is 0 Å². The monoisotopic (exact) mass is 199 g/mol. The maximum absolute atomic E-state index is 4.32. The molecule has 2 heterocycles. The lowest BCUT2D eigenvalue weighted by Crippen LogP contribution is -1.95. The molecular weight excluding hydrogens is 186 g/mol. The molecule has 0 amide bonds. The van der Waals surface area contributed by atoms with Crippen LogP contribution in [0.2, 0.25) is 0 Å². The first kappa shape index (κ1) is 9.65. The predicted octanol–water partition coefficient (Wildman–Crippen LogP) is 2.69. The number of nitrogens with zero attached hydrogens (tertiary/aromatic N) is 3. The second-order valence-corrected chi connectivity index (χ2v) is 3.20. The van der Waals surface area contributed by atoms with Gasteiger partial charge in [0, 0.05) is 12.4 Å². The van der Waals surface area contributed by atoms with Crippen molar-refractivity contribution in [2.24, 2.45) is 0 Å². The Morgan fingerprint density at radius 2 is 2.33 bits per heavy atom. The van der Waals surface area contributed by atoms with Gasteiger partial charge < -0.3 is 0 Å². The van der Waals surface area contributed by atoms with E-state index in [0.29, 0.717) is 0 Å². The number of rotatable bonds is 3. The second-order valence-electron chi connectivity index (χ2n) is 3.20. The molecule has 0 atom stereocenters. The third kappa shape index (κ3) is 2.31. The van der Waals surface area contributed by atoms with Crippen LogP contribution in [0.5, 0.6) is 0 Å². The van der Waals surface area contributed by atoms with E-state index in [2.05, 4.69) is 23.1 Å². The number of pyridine rings is 1. The van der Waals surface area contributed by atoms with Crippen molar-refractivity contribution in [3.8, 4) is 5.69 Å². The van der Waals surface area contributed by atoms with Crippen molar-refractivity contribution in [3.63, 3.8) is 0 Å². The van der Waals surface area contributed by atoms with Gasteiger partial charge in [0.25, 0.3) is 0 Å². The standard InChI is InChI=1S/C12H13N3/c1-2-3-5-11-6-7-12(10-13-11)15-9-4-8-14-15/h3-10H,2H2,1H3/b5-3+. The molecule has 0 aliphatic carbocycles. The van der Waals surface area contributed by atoms with E-state index in [0.717, 1.165) is 17.8 Å².